The number of alkyl halides is 3. The van der Waals surface area contributed by atoms with E-state index < -0.39 is 28.0 Å². The molecule has 158 valence electrons. The predicted octanol–water partition coefficient (Wildman–Crippen LogP) is 3.54. The lowest BCUT2D eigenvalue weighted by Crippen LogP contribution is -2.33. The van der Waals surface area contributed by atoms with Crippen LogP contribution in [0, 0.1) is 0 Å². The van der Waals surface area contributed by atoms with Gasteiger partial charge in [0.1, 0.15) is 5.75 Å². The molecule has 29 heavy (non-hydrogen) atoms. The Hall–Kier alpha value is -2.59. The Labute approximate surface area is 167 Å². The molecule has 0 saturated carbocycles. The number of hydrogen-bond acceptors (Lipinski definition) is 4. The first kappa shape index (κ1) is 22.7. The second-order valence-corrected chi connectivity index (χ2v) is 8.48. The van der Waals surface area contributed by atoms with Crippen molar-refractivity contribution < 1.29 is 31.1 Å². The maximum atomic E-state index is 12.5. The lowest BCUT2D eigenvalue weighted by atomic mass is 10.2. The first-order valence-corrected chi connectivity index (χ1v) is 10.1. The van der Waals surface area contributed by atoms with Crippen molar-refractivity contribution >= 4 is 15.9 Å². The smallest absolute Gasteiger partial charge is 0.405 e. The van der Waals surface area contributed by atoms with Gasteiger partial charge in [-0.1, -0.05) is 18.2 Å². The van der Waals surface area contributed by atoms with Crippen LogP contribution in [0.25, 0.3) is 0 Å². The number of hydrogen-bond donors (Lipinski definition) is 1. The van der Waals surface area contributed by atoms with Crippen LogP contribution in [-0.2, 0) is 16.6 Å². The molecule has 0 atom stereocenters. The Morgan fingerprint density at radius 2 is 1.69 bits per heavy atom. The molecule has 0 aliphatic heterocycles. The van der Waals surface area contributed by atoms with E-state index in [1.165, 1.54) is 53.8 Å². The zero-order chi connectivity index (χ0) is 21.8. The first-order chi connectivity index (χ1) is 13.4. The third-order valence-electron chi connectivity index (χ3n) is 4.16. The Bertz CT molecular complexity index is 958. The van der Waals surface area contributed by atoms with Crippen LogP contribution in [0.2, 0.25) is 0 Å². The highest BCUT2D eigenvalue weighted by molar-refractivity contribution is 7.89. The monoisotopic (exact) mass is 430 g/mol. The van der Waals surface area contributed by atoms with Crippen molar-refractivity contribution in [2.45, 2.75) is 37.7 Å². The fourth-order valence-corrected chi connectivity index (χ4v) is 3.74. The molecule has 0 aromatic heterocycles. The molecule has 1 N–H and O–H groups in total. The van der Waals surface area contributed by atoms with Crippen LogP contribution in [0.5, 0.6) is 5.75 Å². The second kappa shape index (κ2) is 8.83. The van der Waals surface area contributed by atoms with Crippen LogP contribution in [0.3, 0.4) is 0 Å². The number of amides is 1. The number of para-hydroxylation sites is 1. The molecule has 0 heterocycles. The van der Waals surface area contributed by atoms with Gasteiger partial charge >= 0.3 is 6.36 Å². The van der Waals surface area contributed by atoms with E-state index in [1.807, 2.05) is 0 Å². The van der Waals surface area contributed by atoms with Crippen molar-refractivity contribution in [1.29, 1.82) is 0 Å². The fraction of sp³-hybridized carbons (Fsp3) is 0.316. The highest BCUT2D eigenvalue weighted by Gasteiger charge is 2.32. The Morgan fingerprint density at radius 3 is 2.24 bits per heavy atom. The Morgan fingerprint density at radius 1 is 1.10 bits per heavy atom. The largest absolute Gasteiger partial charge is 0.573 e. The van der Waals surface area contributed by atoms with Crippen LogP contribution < -0.4 is 10.1 Å². The van der Waals surface area contributed by atoms with Gasteiger partial charge in [0.05, 0.1) is 4.90 Å². The van der Waals surface area contributed by atoms with Crippen molar-refractivity contribution in [1.82, 2.24) is 9.62 Å². The molecule has 0 spiro atoms. The minimum absolute atomic E-state index is 0.0363. The van der Waals surface area contributed by atoms with Crippen molar-refractivity contribution in [2.75, 3.05) is 7.05 Å². The molecule has 0 fully saturated rings. The zero-order valence-electron chi connectivity index (χ0n) is 16.0. The van der Waals surface area contributed by atoms with Crippen molar-refractivity contribution in [3.8, 4) is 5.75 Å². The van der Waals surface area contributed by atoms with Gasteiger partial charge in [-0.2, -0.15) is 4.31 Å². The number of benzene rings is 2. The fourth-order valence-electron chi connectivity index (χ4n) is 2.37. The SMILES string of the molecule is CC(C)N(C)S(=O)(=O)c1ccc(C(=O)NCc2ccccc2OC(F)(F)F)cc1. The summed E-state index contributed by atoms with van der Waals surface area (Å²) in [5.74, 6) is -0.966. The minimum atomic E-state index is -4.84. The molecule has 0 aliphatic carbocycles. The molecular formula is C19H21F3N2O4S. The average molecular weight is 430 g/mol. The highest BCUT2D eigenvalue weighted by atomic mass is 32.2. The van der Waals surface area contributed by atoms with Crippen LogP contribution >= 0.6 is 0 Å². The molecule has 2 aromatic carbocycles. The van der Waals surface area contributed by atoms with Gasteiger partial charge in [0, 0.05) is 30.8 Å². The lowest BCUT2D eigenvalue weighted by Gasteiger charge is -2.21. The third-order valence-corrected chi connectivity index (χ3v) is 6.21. The topological polar surface area (TPSA) is 75.7 Å². The molecule has 2 rings (SSSR count). The van der Waals surface area contributed by atoms with Gasteiger partial charge in [-0.3, -0.25) is 4.79 Å². The number of carbonyl (C=O) groups excluding carboxylic acids is 1. The molecule has 1 amide bonds. The van der Waals surface area contributed by atoms with Crippen LogP contribution in [0.4, 0.5) is 13.2 Å². The van der Waals surface area contributed by atoms with E-state index in [0.717, 1.165) is 6.07 Å². The summed E-state index contributed by atoms with van der Waals surface area (Å²) in [5, 5.41) is 2.49. The number of nitrogens with zero attached hydrogens (tertiary/aromatic N) is 1. The van der Waals surface area contributed by atoms with Crippen molar-refractivity contribution in [3.63, 3.8) is 0 Å². The number of ether oxygens (including phenoxy) is 1. The number of sulfonamides is 1. The summed E-state index contributed by atoms with van der Waals surface area (Å²) >= 11 is 0. The molecular weight excluding hydrogens is 409 g/mol. The number of nitrogens with one attached hydrogen (secondary N) is 1. The summed E-state index contributed by atoms with van der Waals surface area (Å²) < 4.78 is 67.4. The highest BCUT2D eigenvalue weighted by Crippen LogP contribution is 2.26. The Kier molecular flexibility index (Phi) is 6.91. The number of halogens is 3. The summed E-state index contributed by atoms with van der Waals surface area (Å²) in [6.45, 7) is 3.28. The summed E-state index contributed by atoms with van der Waals surface area (Å²) in [4.78, 5) is 12.3. The van der Waals surface area contributed by atoms with Gasteiger partial charge in [0.15, 0.2) is 0 Å². The molecule has 0 radical (unpaired) electrons. The van der Waals surface area contributed by atoms with E-state index in [9.17, 15) is 26.4 Å². The van der Waals surface area contributed by atoms with E-state index in [4.69, 9.17) is 0 Å². The Balaban J connectivity index is 2.10. The van der Waals surface area contributed by atoms with Gasteiger partial charge in [-0.15, -0.1) is 13.2 Å². The quantitative estimate of drug-likeness (QED) is 0.729. The lowest BCUT2D eigenvalue weighted by molar-refractivity contribution is -0.274. The molecule has 0 unspecified atom stereocenters. The molecule has 0 bridgehead atoms. The number of carbonyl (C=O) groups is 1. The summed E-state index contributed by atoms with van der Waals surface area (Å²) in [6.07, 6.45) is -4.84. The van der Waals surface area contributed by atoms with Crippen LogP contribution in [-0.4, -0.2) is 38.1 Å². The van der Waals surface area contributed by atoms with Crippen molar-refractivity contribution in [3.05, 3.63) is 59.7 Å². The maximum Gasteiger partial charge on any atom is 0.573 e. The second-order valence-electron chi connectivity index (χ2n) is 6.48. The molecule has 0 saturated heterocycles. The van der Waals surface area contributed by atoms with Crippen molar-refractivity contribution in [2.24, 2.45) is 0 Å². The molecule has 0 aliphatic rings. The van der Waals surface area contributed by atoms with Gasteiger partial charge in [0.25, 0.3) is 5.91 Å². The summed E-state index contributed by atoms with van der Waals surface area (Å²) in [6, 6.07) is 10.5. The van der Waals surface area contributed by atoms with Crippen LogP contribution in [0.1, 0.15) is 29.8 Å². The average Bonchev–Trinajstić information content (AvgIpc) is 2.65. The normalized spacial score (nSPS) is 12.3. The third kappa shape index (κ3) is 5.94. The van der Waals surface area contributed by atoms with Gasteiger partial charge < -0.3 is 10.1 Å². The summed E-state index contributed by atoms with van der Waals surface area (Å²) in [7, 11) is -2.22. The molecule has 6 nitrogen and oxygen atoms in total. The van der Waals surface area contributed by atoms with Gasteiger partial charge in [-0.25, -0.2) is 8.42 Å². The van der Waals surface area contributed by atoms with E-state index in [0.29, 0.717) is 0 Å². The van der Waals surface area contributed by atoms with Gasteiger partial charge in [-0.05, 0) is 44.2 Å². The van der Waals surface area contributed by atoms with E-state index in [2.05, 4.69) is 10.1 Å². The van der Waals surface area contributed by atoms with Crippen LogP contribution in [0.15, 0.2) is 53.4 Å². The standard InChI is InChI=1S/C19H21F3N2O4S/c1-13(2)24(3)29(26,27)16-10-8-14(9-11-16)18(25)23-12-15-6-4-5-7-17(15)28-19(20,21)22/h4-11,13H,12H2,1-3H3,(H,23,25). The summed E-state index contributed by atoms with van der Waals surface area (Å²) in [5.41, 5.74) is 0.321. The number of rotatable bonds is 7. The molecule has 2 aromatic rings. The van der Waals surface area contributed by atoms with E-state index in [-0.39, 0.29) is 28.6 Å². The zero-order valence-corrected chi connectivity index (χ0v) is 16.8. The van der Waals surface area contributed by atoms with E-state index in [1.54, 1.807) is 13.8 Å². The predicted molar refractivity (Wildman–Crippen MR) is 101 cm³/mol. The minimum Gasteiger partial charge on any atom is -0.405 e. The van der Waals surface area contributed by atoms with Gasteiger partial charge in [0.2, 0.25) is 10.0 Å². The van der Waals surface area contributed by atoms with E-state index >= 15 is 0 Å². The maximum absolute atomic E-state index is 12.5. The molecule has 10 heteroatoms. The first-order valence-electron chi connectivity index (χ1n) is 8.62.